The van der Waals surface area contributed by atoms with Gasteiger partial charge in [0.05, 0.1) is 0 Å². The van der Waals surface area contributed by atoms with Crippen LogP contribution in [0, 0.1) is 17.6 Å². The van der Waals surface area contributed by atoms with E-state index in [-0.39, 0.29) is 5.56 Å². The van der Waals surface area contributed by atoms with Crippen LogP contribution in [-0.2, 0) is 11.3 Å². The van der Waals surface area contributed by atoms with Crippen molar-refractivity contribution in [1.29, 1.82) is 0 Å². The van der Waals surface area contributed by atoms with Crippen molar-refractivity contribution in [1.82, 2.24) is 0 Å². The van der Waals surface area contributed by atoms with E-state index in [1.807, 2.05) is 28.1 Å². The van der Waals surface area contributed by atoms with Crippen LogP contribution in [0.1, 0.15) is 43.2 Å². The van der Waals surface area contributed by atoms with E-state index in [1.54, 1.807) is 12.1 Å². The Morgan fingerprint density at radius 1 is 0.920 bits per heavy atom. The fourth-order valence-corrected chi connectivity index (χ4v) is 3.92. The van der Waals surface area contributed by atoms with E-state index >= 15 is 0 Å². The van der Waals surface area contributed by atoms with E-state index < -0.39 is 22.0 Å². The Morgan fingerprint density at radius 2 is 1.48 bits per heavy atom. The minimum Gasteiger partial charge on any atom is -0.206 e. The first-order valence-electron chi connectivity index (χ1n) is 8.50. The van der Waals surface area contributed by atoms with Gasteiger partial charge in [-0.15, -0.1) is 0 Å². The molecule has 3 rings (SSSR count). The van der Waals surface area contributed by atoms with Crippen LogP contribution < -0.4 is 0 Å². The van der Waals surface area contributed by atoms with Crippen LogP contribution in [0.25, 0.3) is 11.1 Å². The van der Waals surface area contributed by atoms with E-state index in [0.717, 1.165) is 30.9 Å². The van der Waals surface area contributed by atoms with Gasteiger partial charge in [-0.3, -0.25) is 0 Å². The first-order chi connectivity index (χ1) is 11.8. The largest absolute Gasteiger partial charge is 0.332 e. The smallest absolute Gasteiger partial charge is 0.206 e. The highest BCUT2D eigenvalue weighted by atomic mass is 79.9. The molecule has 0 N–H and O–H groups in total. The SMILES string of the molecule is Fc1cc(-c2ccc(CCC3CCCC3)cc2)cc(F)c1C(F)(F)Br. The van der Waals surface area contributed by atoms with Gasteiger partial charge in [0.1, 0.15) is 17.2 Å². The summed E-state index contributed by atoms with van der Waals surface area (Å²) in [5.74, 6) is -1.72. The Balaban J connectivity index is 1.75. The van der Waals surface area contributed by atoms with Gasteiger partial charge in [-0.05, 0) is 63.5 Å². The summed E-state index contributed by atoms with van der Waals surface area (Å²) < 4.78 is 54.3. The molecule has 2 aromatic rings. The maximum Gasteiger partial charge on any atom is 0.332 e. The Morgan fingerprint density at radius 3 is 2.00 bits per heavy atom. The highest BCUT2D eigenvalue weighted by Crippen LogP contribution is 2.39. The minimum absolute atomic E-state index is 0.248. The lowest BCUT2D eigenvalue weighted by Gasteiger charge is -2.13. The number of alkyl halides is 3. The van der Waals surface area contributed by atoms with Crippen molar-refractivity contribution in [2.24, 2.45) is 5.92 Å². The third kappa shape index (κ3) is 4.43. The quantitative estimate of drug-likeness (QED) is 0.358. The van der Waals surface area contributed by atoms with Crippen molar-refractivity contribution in [2.45, 2.75) is 43.4 Å². The molecule has 1 aliphatic carbocycles. The zero-order valence-corrected chi connectivity index (χ0v) is 15.3. The molecular formula is C20H19BrF4. The number of hydrogen-bond acceptors (Lipinski definition) is 0. The predicted molar refractivity (Wildman–Crippen MR) is 94.9 cm³/mol. The second kappa shape index (κ2) is 7.48. The van der Waals surface area contributed by atoms with Crippen molar-refractivity contribution in [2.75, 3.05) is 0 Å². The molecule has 1 aliphatic rings. The Bertz CT molecular complexity index is 705. The maximum absolute atomic E-state index is 13.9. The highest BCUT2D eigenvalue weighted by molar-refractivity contribution is 9.09. The van der Waals surface area contributed by atoms with Crippen LogP contribution in [0.4, 0.5) is 17.6 Å². The summed E-state index contributed by atoms with van der Waals surface area (Å²) in [5.41, 5.74) is 0.773. The molecule has 2 aromatic carbocycles. The van der Waals surface area contributed by atoms with Gasteiger partial charge < -0.3 is 0 Å². The monoisotopic (exact) mass is 414 g/mol. The van der Waals surface area contributed by atoms with Gasteiger partial charge in [0.15, 0.2) is 0 Å². The van der Waals surface area contributed by atoms with E-state index in [0.29, 0.717) is 5.56 Å². The first kappa shape index (κ1) is 18.4. The van der Waals surface area contributed by atoms with E-state index in [4.69, 9.17) is 0 Å². The first-order valence-corrected chi connectivity index (χ1v) is 9.29. The number of hydrogen-bond donors (Lipinski definition) is 0. The third-order valence-corrected chi connectivity index (χ3v) is 5.33. The van der Waals surface area contributed by atoms with Crippen LogP contribution in [-0.4, -0.2) is 0 Å². The van der Waals surface area contributed by atoms with Gasteiger partial charge in [-0.25, -0.2) is 8.78 Å². The summed E-state index contributed by atoms with van der Waals surface area (Å²) in [6, 6.07) is 9.33. The summed E-state index contributed by atoms with van der Waals surface area (Å²) in [6.07, 6.45) is 7.41. The van der Waals surface area contributed by atoms with Crippen LogP contribution in [0.5, 0.6) is 0 Å². The second-order valence-corrected chi connectivity index (χ2v) is 7.69. The van der Waals surface area contributed by atoms with E-state index in [9.17, 15) is 17.6 Å². The van der Waals surface area contributed by atoms with Crippen molar-refractivity contribution in [3.63, 3.8) is 0 Å². The fourth-order valence-electron chi connectivity index (χ4n) is 3.54. The predicted octanol–water partition coefficient (Wildman–Crippen LogP) is 7.20. The molecule has 0 heterocycles. The molecule has 1 saturated carbocycles. The summed E-state index contributed by atoms with van der Waals surface area (Å²) >= 11 is 2.01. The van der Waals surface area contributed by atoms with Gasteiger partial charge >= 0.3 is 4.83 Å². The zero-order valence-electron chi connectivity index (χ0n) is 13.7. The summed E-state index contributed by atoms with van der Waals surface area (Å²) in [5, 5.41) is 0. The maximum atomic E-state index is 13.9. The number of aryl methyl sites for hydroxylation is 1. The average Bonchev–Trinajstić information content (AvgIpc) is 3.05. The molecule has 0 aromatic heterocycles. The van der Waals surface area contributed by atoms with Gasteiger partial charge in [-0.2, -0.15) is 8.78 Å². The summed E-state index contributed by atoms with van der Waals surface area (Å²) in [4.78, 5) is -3.73. The molecule has 1 fully saturated rings. The van der Waals surface area contributed by atoms with Gasteiger partial charge in [0.2, 0.25) is 0 Å². The molecule has 0 spiro atoms. The topological polar surface area (TPSA) is 0 Å². The molecule has 0 bridgehead atoms. The molecule has 0 unspecified atom stereocenters. The van der Waals surface area contributed by atoms with Crippen molar-refractivity contribution >= 4 is 15.9 Å². The second-order valence-electron chi connectivity index (χ2n) is 6.70. The van der Waals surface area contributed by atoms with Gasteiger partial charge in [-0.1, -0.05) is 49.9 Å². The number of benzene rings is 2. The number of halogens is 5. The molecule has 0 amide bonds. The Hall–Kier alpha value is -1.36. The van der Waals surface area contributed by atoms with Crippen LogP contribution in [0.15, 0.2) is 36.4 Å². The molecule has 5 heteroatoms. The molecule has 0 aliphatic heterocycles. The molecule has 134 valence electrons. The van der Waals surface area contributed by atoms with Gasteiger partial charge in [0, 0.05) is 0 Å². The van der Waals surface area contributed by atoms with Crippen LogP contribution in [0.3, 0.4) is 0 Å². The van der Waals surface area contributed by atoms with E-state index in [2.05, 4.69) is 0 Å². The molecule has 25 heavy (non-hydrogen) atoms. The average molecular weight is 415 g/mol. The number of rotatable bonds is 5. The van der Waals surface area contributed by atoms with Crippen molar-refractivity contribution < 1.29 is 17.6 Å². The standard InChI is InChI=1S/C20H19BrF4/c21-20(24,25)19-17(22)11-16(12-18(19)23)15-9-7-14(8-10-15)6-5-13-3-1-2-4-13/h7-13H,1-6H2. The normalized spacial score (nSPS) is 15.7. The summed E-state index contributed by atoms with van der Waals surface area (Å²) in [7, 11) is 0. The van der Waals surface area contributed by atoms with Crippen molar-refractivity contribution in [3.8, 4) is 11.1 Å². The lowest BCUT2D eigenvalue weighted by atomic mass is 9.96. The molecule has 0 saturated heterocycles. The lowest BCUT2D eigenvalue weighted by Crippen LogP contribution is -2.09. The van der Waals surface area contributed by atoms with E-state index in [1.165, 1.54) is 31.2 Å². The van der Waals surface area contributed by atoms with Crippen molar-refractivity contribution in [3.05, 3.63) is 59.2 Å². The zero-order chi connectivity index (χ0) is 18.0. The molecule has 0 radical (unpaired) electrons. The molecular weight excluding hydrogens is 396 g/mol. The van der Waals surface area contributed by atoms with Crippen LogP contribution in [0.2, 0.25) is 0 Å². The minimum atomic E-state index is -3.73. The lowest BCUT2D eigenvalue weighted by molar-refractivity contribution is 0.105. The van der Waals surface area contributed by atoms with Crippen LogP contribution >= 0.6 is 15.9 Å². The Kier molecular flexibility index (Phi) is 5.52. The molecule has 0 nitrogen and oxygen atoms in total. The molecule has 0 atom stereocenters. The fraction of sp³-hybridized carbons (Fsp3) is 0.400. The summed E-state index contributed by atoms with van der Waals surface area (Å²) in [6.45, 7) is 0. The Labute approximate surface area is 153 Å². The van der Waals surface area contributed by atoms with Gasteiger partial charge in [0.25, 0.3) is 0 Å². The highest BCUT2D eigenvalue weighted by Gasteiger charge is 2.34. The third-order valence-electron chi connectivity index (χ3n) is 4.93.